The van der Waals surface area contributed by atoms with Gasteiger partial charge in [0.2, 0.25) is 5.91 Å². The average Bonchev–Trinajstić information content (AvgIpc) is 3.10. The molecule has 3 aromatic rings. The van der Waals surface area contributed by atoms with Crippen molar-refractivity contribution in [2.45, 2.75) is 25.3 Å². The number of benzene rings is 2. The molecule has 2 N–H and O–H groups in total. The van der Waals surface area contributed by atoms with Gasteiger partial charge in [-0.05, 0) is 42.3 Å². The molecule has 1 amide bonds. The van der Waals surface area contributed by atoms with Gasteiger partial charge in [0.1, 0.15) is 17.6 Å². The molecule has 2 aromatic carbocycles. The summed E-state index contributed by atoms with van der Waals surface area (Å²) >= 11 is 0. The molecule has 0 saturated heterocycles. The van der Waals surface area contributed by atoms with E-state index in [2.05, 4.69) is 20.1 Å². The van der Waals surface area contributed by atoms with Crippen molar-refractivity contribution in [2.75, 3.05) is 10.0 Å². The van der Waals surface area contributed by atoms with Crippen molar-refractivity contribution in [3.63, 3.8) is 0 Å². The lowest BCUT2D eigenvalue weighted by atomic mass is 10.2. The number of carbonyl (C=O) groups is 1. The van der Waals surface area contributed by atoms with Crippen LogP contribution in [0.15, 0.2) is 60.0 Å². The maximum Gasteiger partial charge on any atom is 0.263 e. The number of carbonyl (C=O) groups excluding carboxylic acids is 1. The molecule has 1 heterocycles. The van der Waals surface area contributed by atoms with Crippen LogP contribution in [-0.2, 0) is 21.4 Å². The minimum atomic E-state index is -3.87. The molecule has 8 nitrogen and oxygen atoms in total. The van der Waals surface area contributed by atoms with Crippen molar-refractivity contribution in [3.05, 3.63) is 66.2 Å². The summed E-state index contributed by atoms with van der Waals surface area (Å²) in [5.41, 5.74) is 2.39. The number of nitrogens with zero attached hydrogens (tertiary/aromatic N) is 3. The molecule has 0 aliphatic rings. The Morgan fingerprint density at radius 1 is 1.15 bits per heavy atom. The van der Waals surface area contributed by atoms with Gasteiger partial charge < -0.3 is 5.32 Å². The number of anilines is 2. The predicted octanol–water partition coefficient (Wildman–Crippen LogP) is 2.39. The summed E-state index contributed by atoms with van der Waals surface area (Å²) in [5, 5.41) is 6.59. The van der Waals surface area contributed by atoms with E-state index in [-0.39, 0.29) is 16.5 Å². The highest BCUT2D eigenvalue weighted by Crippen LogP contribution is 2.25. The van der Waals surface area contributed by atoms with E-state index < -0.39 is 10.0 Å². The van der Waals surface area contributed by atoms with Crippen molar-refractivity contribution >= 4 is 27.3 Å². The number of amides is 1. The second-order valence-corrected chi connectivity index (χ2v) is 7.73. The average molecular weight is 385 g/mol. The molecule has 9 heteroatoms. The van der Waals surface area contributed by atoms with Crippen LogP contribution >= 0.6 is 0 Å². The standard InChI is InChI=1S/C18H19N5O3S/c1-13-3-8-17(21-14(2)24)18(9-13)27(25,26)22-16-6-4-15(5-7-16)10-23-12-19-11-20-23/h3-9,11-12,22H,10H2,1-2H3,(H,21,24). The van der Waals surface area contributed by atoms with Gasteiger partial charge >= 0.3 is 0 Å². The number of hydrogen-bond acceptors (Lipinski definition) is 5. The van der Waals surface area contributed by atoms with Gasteiger partial charge in [-0.15, -0.1) is 0 Å². The summed E-state index contributed by atoms with van der Waals surface area (Å²) in [6, 6.07) is 11.8. The first kappa shape index (κ1) is 18.6. The summed E-state index contributed by atoms with van der Waals surface area (Å²) in [6.45, 7) is 3.66. The van der Waals surface area contributed by atoms with Crippen LogP contribution < -0.4 is 10.0 Å². The number of hydrogen-bond donors (Lipinski definition) is 2. The van der Waals surface area contributed by atoms with Crippen molar-refractivity contribution < 1.29 is 13.2 Å². The molecule has 0 unspecified atom stereocenters. The Kier molecular flexibility index (Phi) is 5.22. The number of sulfonamides is 1. The summed E-state index contributed by atoms with van der Waals surface area (Å²) < 4.78 is 29.8. The van der Waals surface area contributed by atoms with E-state index in [4.69, 9.17) is 0 Å². The molecule has 1 aromatic heterocycles. The summed E-state index contributed by atoms with van der Waals surface area (Å²) in [4.78, 5) is 15.3. The molecule has 140 valence electrons. The molecule has 27 heavy (non-hydrogen) atoms. The molecule has 3 rings (SSSR count). The third kappa shape index (κ3) is 4.70. The molecular weight excluding hydrogens is 366 g/mol. The van der Waals surface area contributed by atoms with E-state index in [1.54, 1.807) is 42.2 Å². The zero-order valence-electron chi connectivity index (χ0n) is 14.9. The zero-order chi connectivity index (χ0) is 19.4. The highest BCUT2D eigenvalue weighted by molar-refractivity contribution is 7.92. The number of aromatic nitrogens is 3. The summed E-state index contributed by atoms with van der Waals surface area (Å²) in [7, 11) is -3.87. The van der Waals surface area contributed by atoms with E-state index in [9.17, 15) is 13.2 Å². The predicted molar refractivity (Wildman–Crippen MR) is 102 cm³/mol. The third-order valence-electron chi connectivity index (χ3n) is 3.75. The molecule has 0 spiro atoms. The second-order valence-electron chi connectivity index (χ2n) is 6.08. The maximum absolute atomic E-state index is 12.8. The van der Waals surface area contributed by atoms with Gasteiger partial charge in [-0.3, -0.25) is 9.52 Å². The van der Waals surface area contributed by atoms with Crippen molar-refractivity contribution in [3.8, 4) is 0 Å². The third-order valence-corrected chi connectivity index (χ3v) is 5.18. The highest BCUT2D eigenvalue weighted by atomic mass is 32.2. The van der Waals surface area contributed by atoms with Gasteiger partial charge in [0.25, 0.3) is 10.0 Å². The molecule has 0 fully saturated rings. The van der Waals surface area contributed by atoms with Crippen molar-refractivity contribution in [2.24, 2.45) is 0 Å². The maximum atomic E-state index is 12.8. The Morgan fingerprint density at radius 3 is 2.52 bits per heavy atom. The van der Waals surface area contributed by atoms with Gasteiger partial charge in [-0.25, -0.2) is 18.1 Å². The van der Waals surface area contributed by atoms with Gasteiger partial charge in [-0.1, -0.05) is 18.2 Å². The largest absolute Gasteiger partial charge is 0.325 e. The number of rotatable bonds is 6. The Hall–Kier alpha value is -3.20. The van der Waals surface area contributed by atoms with Crippen LogP contribution in [-0.4, -0.2) is 29.1 Å². The number of aryl methyl sites for hydroxylation is 1. The van der Waals surface area contributed by atoms with Gasteiger partial charge in [0, 0.05) is 12.6 Å². The van der Waals surface area contributed by atoms with Crippen LogP contribution in [0.1, 0.15) is 18.1 Å². The Morgan fingerprint density at radius 2 is 1.89 bits per heavy atom. The van der Waals surface area contributed by atoms with Crippen LogP contribution in [0.5, 0.6) is 0 Å². The molecule has 0 bridgehead atoms. The first-order valence-corrected chi connectivity index (χ1v) is 9.64. The van der Waals surface area contributed by atoms with Crippen molar-refractivity contribution in [1.82, 2.24) is 14.8 Å². The normalized spacial score (nSPS) is 11.2. The fourth-order valence-electron chi connectivity index (χ4n) is 2.53. The van der Waals surface area contributed by atoms with Gasteiger partial charge in [-0.2, -0.15) is 5.10 Å². The fraction of sp³-hybridized carbons (Fsp3) is 0.167. The fourth-order valence-corrected chi connectivity index (χ4v) is 3.84. The molecular formula is C18H19N5O3S. The van der Waals surface area contributed by atoms with Crippen LogP contribution in [0.25, 0.3) is 0 Å². The van der Waals surface area contributed by atoms with E-state index >= 15 is 0 Å². The topological polar surface area (TPSA) is 106 Å². The zero-order valence-corrected chi connectivity index (χ0v) is 15.7. The molecule has 0 atom stereocenters. The van der Waals surface area contributed by atoms with Crippen molar-refractivity contribution in [1.29, 1.82) is 0 Å². The molecule has 0 radical (unpaired) electrons. The van der Waals surface area contributed by atoms with E-state index in [0.717, 1.165) is 11.1 Å². The highest BCUT2D eigenvalue weighted by Gasteiger charge is 2.19. The first-order chi connectivity index (χ1) is 12.8. The van der Waals surface area contributed by atoms with Crippen LogP contribution in [0.3, 0.4) is 0 Å². The molecule has 0 saturated carbocycles. The Bertz CT molecular complexity index is 1050. The van der Waals surface area contributed by atoms with Gasteiger partial charge in [0.15, 0.2) is 0 Å². The summed E-state index contributed by atoms with van der Waals surface area (Å²) in [6.07, 6.45) is 3.06. The SMILES string of the molecule is CC(=O)Nc1ccc(C)cc1S(=O)(=O)Nc1ccc(Cn2cncn2)cc1. The monoisotopic (exact) mass is 385 g/mol. The van der Waals surface area contributed by atoms with Gasteiger partial charge in [0.05, 0.1) is 12.2 Å². The minimum Gasteiger partial charge on any atom is -0.325 e. The minimum absolute atomic E-state index is 0.0180. The lowest BCUT2D eigenvalue weighted by Gasteiger charge is -2.14. The van der Waals surface area contributed by atoms with Crippen LogP contribution in [0.4, 0.5) is 11.4 Å². The molecule has 0 aliphatic heterocycles. The summed E-state index contributed by atoms with van der Waals surface area (Å²) in [5.74, 6) is -0.340. The lowest BCUT2D eigenvalue weighted by molar-refractivity contribution is -0.114. The smallest absolute Gasteiger partial charge is 0.263 e. The van der Waals surface area contributed by atoms with Crippen LogP contribution in [0, 0.1) is 6.92 Å². The molecule has 0 aliphatic carbocycles. The first-order valence-electron chi connectivity index (χ1n) is 8.16. The number of nitrogens with one attached hydrogen (secondary N) is 2. The van der Waals surface area contributed by atoms with E-state index in [0.29, 0.717) is 12.2 Å². The Balaban J connectivity index is 1.82. The Labute approximate surface area is 157 Å². The van der Waals surface area contributed by atoms with Crippen LogP contribution in [0.2, 0.25) is 0 Å². The lowest BCUT2D eigenvalue weighted by Crippen LogP contribution is -2.17. The quantitative estimate of drug-likeness (QED) is 0.678. The van der Waals surface area contributed by atoms with E-state index in [1.807, 2.05) is 12.1 Å². The second kappa shape index (κ2) is 7.58. The van der Waals surface area contributed by atoms with E-state index in [1.165, 1.54) is 19.3 Å².